The topological polar surface area (TPSA) is 81.5 Å². The summed E-state index contributed by atoms with van der Waals surface area (Å²) in [4.78, 5) is 43.8. The number of rotatable bonds is 7. The Morgan fingerprint density at radius 2 is 1.69 bits per heavy atom. The second kappa shape index (κ2) is 9.77. The van der Waals surface area contributed by atoms with Crippen LogP contribution in [-0.4, -0.2) is 38.5 Å². The van der Waals surface area contributed by atoms with Gasteiger partial charge in [0.15, 0.2) is 6.61 Å². The zero-order chi connectivity index (χ0) is 23.3. The predicted octanol–water partition coefficient (Wildman–Crippen LogP) is 3.24. The number of fused-ring (bicyclic) bond motifs is 1. The number of benzene rings is 2. The van der Waals surface area contributed by atoms with Crippen molar-refractivity contribution >= 4 is 22.8 Å². The molecule has 0 radical (unpaired) electrons. The minimum absolute atomic E-state index is 0.0279. The van der Waals surface area contributed by atoms with Gasteiger partial charge >= 0.3 is 5.97 Å². The first-order chi connectivity index (χ1) is 15.2. The molecule has 0 atom stereocenters. The molecule has 0 unspecified atom stereocenters. The zero-order valence-electron chi connectivity index (χ0n) is 19.0. The van der Waals surface area contributed by atoms with Crippen LogP contribution in [0.3, 0.4) is 0 Å². The zero-order valence-corrected chi connectivity index (χ0v) is 19.0. The minimum atomic E-state index is -0.505. The number of esters is 1. The summed E-state index contributed by atoms with van der Waals surface area (Å²) in [5.74, 6) is -0.266. The molecule has 1 aromatic heterocycles. The number of para-hydroxylation sites is 1. The van der Waals surface area contributed by atoms with E-state index in [0.717, 1.165) is 5.56 Å². The number of aromatic nitrogens is 2. The van der Waals surface area contributed by atoms with E-state index in [0.29, 0.717) is 23.3 Å². The van der Waals surface area contributed by atoms with Gasteiger partial charge in [-0.2, -0.15) is 0 Å². The average Bonchev–Trinajstić information content (AvgIpc) is 2.77. The van der Waals surface area contributed by atoms with Crippen LogP contribution < -0.4 is 5.56 Å². The molecule has 0 aliphatic rings. The Bertz CT molecular complexity index is 1160. The number of amides is 1. The van der Waals surface area contributed by atoms with Gasteiger partial charge in [-0.05, 0) is 38.5 Å². The third-order valence-corrected chi connectivity index (χ3v) is 5.28. The Hall–Kier alpha value is -3.48. The first kappa shape index (κ1) is 23.2. The van der Waals surface area contributed by atoms with Gasteiger partial charge in [-0.3, -0.25) is 19.0 Å². The van der Waals surface area contributed by atoms with Crippen LogP contribution in [0.5, 0.6) is 0 Å². The van der Waals surface area contributed by atoms with Crippen molar-refractivity contribution in [2.24, 2.45) is 7.05 Å². The number of aryl methyl sites for hydroxylation is 1. The van der Waals surface area contributed by atoms with E-state index in [9.17, 15) is 14.4 Å². The molecule has 0 N–H and O–H groups in total. The SMILES string of the molecule is Cn1c(CCC(=O)OCC(=O)N(Cc2ccccc2)C(C)(C)C)nc2ccccc2c1=O. The van der Waals surface area contributed by atoms with Gasteiger partial charge in [-0.25, -0.2) is 4.98 Å². The number of carbonyl (C=O) groups is 2. The second-order valence-electron chi connectivity index (χ2n) is 8.71. The lowest BCUT2D eigenvalue weighted by Crippen LogP contribution is -2.46. The van der Waals surface area contributed by atoms with Crippen LogP contribution in [0.1, 0.15) is 38.6 Å². The van der Waals surface area contributed by atoms with Crippen molar-refractivity contribution in [1.29, 1.82) is 0 Å². The molecule has 0 aliphatic heterocycles. The number of ether oxygens (including phenoxy) is 1. The Labute approximate surface area is 187 Å². The number of nitrogens with zero attached hydrogens (tertiary/aromatic N) is 3. The molecule has 1 amide bonds. The van der Waals surface area contributed by atoms with E-state index in [-0.39, 0.29) is 30.9 Å². The van der Waals surface area contributed by atoms with Crippen LogP contribution in [0.4, 0.5) is 0 Å². The second-order valence-corrected chi connectivity index (χ2v) is 8.71. The molecule has 3 aromatic rings. The molecule has 7 nitrogen and oxygen atoms in total. The lowest BCUT2D eigenvalue weighted by Gasteiger charge is -2.35. The lowest BCUT2D eigenvalue weighted by molar-refractivity contribution is -0.154. The summed E-state index contributed by atoms with van der Waals surface area (Å²) in [7, 11) is 1.64. The van der Waals surface area contributed by atoms with E-state index in [1.165, 1.54) is 4.57 Å². The molecule has 7 heteroatoms. The van der Waals surface area contributed by atoms with Crippen molar-refractivity contribution in [2.45, 2.75) is 45.7 Å². The monoisotopic (exact) mass is 435 g/mol. The molecule has 168 valence electrons. The molecule has 0 saturated heterocycles. The molecule has 0 spiro atoms. The van der Waals surface area contributed by atoms with E-state index < -0.39 is 11.5 Å². The van der Waals surface area contributed by atoms with Crippen molar-refractivity contribution in [3.63, 3.8) is 0 Å². The minimum Gasteiger partial charge on any atom is -0.456 e. The first-order valence-electron chi connectivity index (χ1n) is 10.6. The molecule has 2 aromatic carbocycles. The van der Waals surface area contributed by atoms with Crippen molar-refractivity contribution in [1.82, 2.24) is 14.5 Å². The summed E-state index contributed by atoms with van der Waals surface area (Å²) in [6, 6.07) is 16.8. The summed E-state index contributed by atoms with van der Waals surface area (Å²) >= 11 is 0. The van der Waals surface area contributed by atoms with Gasteiger partial charge in [-0.15, -0.1) is 0 Å². The number of carbonyl (C=O) groups excluding carboxylic acids is 2. The maximum absolute atomic E-state index is 12.8. The van der Waals surface area contributed by atoms with Crippen LogP contribution in [0.15, 0.2) is 59.4 Å². The fourth-order valence-electron chi connectivity index (χ4n) is 3.46. The molecule has 3 rings (SSSR count). The number of hydrogen-bond acceptors (Lipinski definition) is 5. The molecule has 0 aliphatic carbocycles. The fourth-order valence-corrected chi connectivity index (χ4v) is 3.46. The van der Waals surface area contributed by atoms with Crippen LogP contribution >= 0.6 is 0 Å². The molecule has 0 bridgehead atoms. The summed E-state index contributed by atoms with van der Waals surface area (Å²) in [5, 5.41) is 0.535. The molecule has 0 fully saturated rings. The van der Waals surface area contributed by atoms with Gasteiger partial charge in [0.05, 0.1) is 17.3 Å². The Morgan fingerprint density at radius 1 is 1.03 bits per heavy atom. The predicted molar refractivity (Wildman–Crippen MR) is 123 cm³/mol. The van der Waals surface area contributed by atoms with E-state index in [1.54, 1.807) is 30.1 Å². The van der Waals surface area contributed by atoms with Crippen LogP contribution in [-0.2, 0) is 34.3 Å². The lowest BCUT2D eigenvalue weighted by atomic mass is 10.0. The Morgan fingerprint density at radius 3 is 2.38 bits per heavy atom. The maximum Gasteiger partial charge on any atom is 0.306 e. The highest BCUT2D eigenvalue weighted by atomic mass is 16.5. The average molecular weight is 436 g/mol. The summed E-state index contributed by atoms with van der Waals surface area (Å²) in [6.45, 7) is 5.95. The van der Waals surface area contributed by atoms with Gasteiger partial charge in [0.1, 0.15) is 5.82 Å². The molecule has 32 heavy (non-hydrogen) atoms. The Balaban J connectivity index is 1.60. The highest BCUT2D eigenvalue weighted by molar-refractivity contribution is 5.81. The van der Waals surface area contributed by atoms with Gasteiger partial charge in [0, 0.05) is 25.6 Å². The Kier molecular flexibility index (Phi) is 7.08. The van der Waals surface area contributed by atoms with Crippen LogP contribution in [0.2, 0.25) is 0 Å². The van der Waals surface area contributed by atoms with Crippen molar-refractivity contribution in [3.8, 4) is 0 Å². The van der Waals surface area contributed by atoms with Gasteiger partial charge in [0.25, 0.3) is 11.5 Å². The molecular weight excluding hydrogens is 406 g/mol. The van der Waals surface area contributed by atoms with Gasteiger partial charge in [-0.1, -0.05) is 42.5 Å². The standard InChI is InChI=1S/C25H29N3O4/c1-25(2,3)28(16-18-10-6-5-7-11-18)22(29)17-32-23(30)15-14-21-26-20-13-9-8-12-19(20)24(31)27(21)4/h5-13H,14-17H2,1-4H3. The highest BCUT2D eigenvalue weighted by Crippen LogP contribution is 2.18. The summed E-state index contributed by atoms with van der Waals surface area (Å²) < 4.78 is 6.70. The fraction of sp³-hybridized carbons (Fsp3) is 0.360. The van der Waals surface area contributed by atoms with Gasteiger partial charge < -0.3 is 9.64 Å². The van der Waals surface area contributed by atoms with E-state index in [4.69, 9.17) is 4.74 Å². The third kappa shape index (κ3) is 5.60. The molecular formula is C25H29N3O4. The van der Waals surface area contributed by atoms with Gasteiger partial charge in [0.2, 0.25) is 0 Å². The largest absolute Gasteiger partial charge is 0.456 e. The molecule has 0 saturated carbocycles. The summed E-state index contributed by atoms with van der Waals surface area (Å²) in [6.07, 6.45) is 0.275. The normalized spacial score (nSPS) is 11.4. The quantitative estimate of drug-likeness (QED) is 0.532. The van der Waals surface area contributed by atoms with Crippen LogP contribution in [0, 0.1) is 0 Å². The number of hydrogen-bond donors (Lipinski definition) is 0. The van der Waals surface area contributed by atoms with Crippen molar-refractivity contribution in [3.05, 3.63) is 76.3 Å². The summed E-state index contributed by atoms with van der Waals surface area (Å²) in [5.41, 5.74) is 1.02. The highest BCUT2D eigenvalue weighted by Gasteiger charge is 2.27. The van der Waals surface area contributed by atoms with E-state index >= 15 is 0 Å². The van der Waals surface area contributed by atoms with Crippen LogP contribution in [0.25, 0.3) is 10.9 Å². The van der Waals surface area contributed by atoms with Crippen molar-refractivity contribution in [2.75, 3.05) is 6.61 Å². The first-order valence-corrected chi connectivity index (χ1v) is 10.6. The third-order valence-electron chi connectivity index (χ3n) is 5.28. The van der Waals surface area contributed by atoms with Crippen molar-refractivity contribution < 1.29 is 14.3 Å². The van der Waals surface area contributed by atoms with E-state index in [2.05, 4.69) is 4.98 Å². The smallest absolute Gasteiger partial charge is 0.306 e. The van der Waals surface area contributed by atoms with E-state index in [1.807, 2.05) is 57.2 Å². The maximum atomic E-state index is 12.8. The molecule has 1 heterocycles.